The predicted octanol–water partition coefficient (Wildman–Crippen LogP) is 3.73. The van der Waals surface area contributed by atoms with Crippen LogP contribution < -0.4 is 5.32 Å². The molecule has 1 saturated carbocycles. The topological polar surface area (TPSA) is 12.0 Å². The number of halogens is 1. The summed E-state index contributed by atoms with van der Waals surface area (Å²) < 4.78 is 1.17. The van der Waals surface area contributed by atoms with Crippen LogP contribution in [0.3, 0.4) is 0 Å². The van der Waals surface area contributed by atoms with Gasteiger partial charge in [0, 0.05) is 4.47 Å². The average molecular weight is 282 g/mol. The van der Waals surface area contributed by atoms with Gasteiger partial charge < -0.3 is 5.32 Å². The lowest BCUT2D eigenvalue weighted by Crippen LogP contribution is -2.20. The van der Waals surface area contributed by atoms with E-state index in [9.17, 15) is 0 Å². The van der Waals surface area contributed by atoms with Crippen molar-refractivity contribution < 1.29 is 0 Å². The fourth-order valence-corrected chi connectivity index (χ4v) is 2.65. The first kappa shape index (κ1) is 12.1. The molecule has 0 spiro atoms. The van der Waals surface area contributed by atoms with Crippen molar-refractivity contribution in [3.05, 3.63) is 34.3 Å². The fraction of sp³-hybridized carbons (Fsp3) is 0.571. The highest BCUT2D eigenvalue weighted by molar-refractivity contribution is 9.10. The molecule has 2 unspecified atom stereocenters. The maximum Gasteiger partial charge on any atom is 0.0175 e. The second-order valence-corrected chi connectivity index (χ2v) is 5.95. The van der Waals surface area contributed by atoms with Crippen molar-refractivity contribution in [3.63, 3.8) is 0 Å². The van der Waals surface area contributed by atoms with Crippen LogP contribution >= 0.6 is 15.9 Å². The third kappa shape index (κ3) is 2.49. The molecule has 0 aliphatic heterocycles. The lowest BCUT2D eigenvalue weighted by atomic mass is 9.95. The molecule has 0 saturated heterocycles. The van der Waals surface area contributed by atoms with Crippen molar-refractivity contribution in [2.45, 2.75) is 32.1 Å². The van der Waals surface area contributed by atoms with Crippen LogP contribution in [0, 0.1) is 5.92 Å². The smallest absolute Gasteiger partial charge is 0.0175 e. The number of hydrogen-bond acceptors (Lipinski definition) is 1. The molecule has 2 atom stereocenters. The zero-order valence-corrected chi connectivity index (χ0v) is 11.7. The Morgan fingerprint density at radius 3 is 2.69 bits per heavy atom. The van der Waals surface area contributed by atoms with Gasteiger partial charge in [0.05, 0.1) is 0 Å². The molecule has 1 aliphatic rings. The first-order valence-corrected chi connectivity index (χ1v) is 6.93. The normalized spacial score (nSPS) is 28.1. The largest absolute Gasteiger partial charge is 0.316 e. The van der Waals surface area contributed by atoms with Crippen LogP contribution in [0.15, 0.2) is 28.7 Å². The van der Waals surface area contributed by atoms with Crippen LogP contribution in [0.2, 0.25) is 0 Å². The van der Waals surface area contributed by atoms with E-state index in [2.05, 4.69) is 59.4 Å². The minimum absolute atomic E-state index is 0.418. The van der Waals surface area contributed by atoms with E-state index >= 15 is 0 Å². The van der Waals surface area contributed by atoms with E-state index in [0.29, 0.717) is 5.41 Å². The van der Waals surface area contributed by atoms with Crippen molar-refractivity contribution in [1.82, 2.24) is 5.32 Å². The van der Waals surface area contributed by atoms with Crippen LogP contribution in [0.5, 0.6) is 0 Å². The lowest BCUT2D eigenvalue weighted by Gasteiger charge is -2.12. The van der Waals surface area contributed by atoms with E-state index in [1.165, 1.54) is 29.4 Å². The van der Waals surface area contributed by atoms with Gasteiger partial charge in [0.15, 0.2) is 0 Å². The van der Waals surface area contributed by atoms with Crippen LogP contribution in [0.4, 0.5) is 0 Å². The van der Waals surface area contributed by atoms with E-state index in [0.717, 1.165) is 12.5 Å². The summed E-state index contributed by atoms with van der Waals surface area (Å²) in [6.07, 6.45) is 2.55. The minimum atomic E-state index is 0.418. The summed E-state index contributed by atoms with van der Waals surface area (Å²) in [5.41, 5.74) is 1.90. The Labute approximate surface area is 107 Å². The van der Waals surface area contributed by atoms with Crippen LogP contribution in [0.1, 0.15) is 32.3 Å². The zero-order chi connectivity index (χ0) is 11.6. The Bertz CT molecular complexity index is 346. The van der Waals surface area contributed by atoms with E-state index in [1.807, 2.05) is 0 Å². The molecule has 1 fully saturated rings. The summed E-state index contributed by atoms with van der Waals surface area (Å²) in [7, 11) is 0. The van der Waals surface area contributed by atoms with Crippen LogP contribution in [0.25, 0.3) is 0 Å². The molecule has 2 heteroatoms. The molecule has 0 amide bonds. The molecule has 0 aromatic heterocycles. The molecule has 1 aromatic rings. The monoisotopic (exact) mass is 281 g/mol. The SMILES string of the molecule is CCCNCC1CC1(C)c1ccc(Br)cc1. The summed E-state index contributed by atoms with van der Waals surface area (Å²) in [6.45, 7) is 6.91. The molecule has 0 bridgehead atoms. The van der Waals surface area contributed by atoms with Gasteiger partial charge in [0.25, 0.3) is 0 Å². The summed E-state index contributed by atoms with van der Waals surface area (Å²) in [6, 6.07) is 8.80. The quantitative estimate of drug-likeness (QED) is 0.811. The summed E-state index contributed by atoms with van der Waals surface area (Å²) >= 11 is 3.49. The van der Waals surface area contributed by atoms with E-state index in [4.69, 9.17) is 0 Å². The Hall–Kier alpha value is -0.340. The highest BCUT2D eigenvalue weighted by Gasteiger charge is 2.50. The molecule has 2 rings (SSSR count). The van der Waals surface area contributed by atoms with Crippen molar-refractivity contribution in [3.8, 4) is 0 Å². The predicted molar refractivity (Wildman–Crippen MR) is 72.8 cm³/mol. The first-order valence-electron chi connectivity index (χ1n) is 6.13. The van der Waals surface area contributed by atoms with Crippen molar-refractivity contribution in [1.29, 1.82) is 0 Å². The van der Waals surface area contributed by atoms with Crippen molar-refractivity contribution in [2.75, 3.05) is 13.1 Å². The molecule has 1 aromatic carbocycles. The molecule has 1 nitrogen and oxygen atoms in total. The standard InChI is InChI=1S/C14H20BrN/c1-3-8-16-10-12-9-14(12,2)11-4-6-13(15)7-5-11/h4-7,12,16H,3,8-10H2,1-2H3. The van der Waals surface area contributed by atoms with Crippen LogP contribution in [-0.4, -0.2) is 13.1 Å². The van der Waals surface area contributed by atoms with E-state index < -0.39 is 0 Å². The Balaban J connectivity index is 1.93. The van der Waals surface area contributed by atoms with Gasteiger partial charge in [0.1, 0.15) is 0 Å². The Morgan fingerprint density at radius 2 is 2.06 bits per heavy atom. The molecule has 1 aliphatic carbocycles. The molecule has 88 valence electrons. The first-order chi connectivity index (χ1) is 7.66. The lowest BCUT2D eigenvalue weighted by molar-refractivity contribution is 0.575. The molecule has 0 radical (unpaired) electrons. The average Bonchev–Trinajstić information content (AvgIpc) is 2.92. The Kier molecular flexibility index (Phi) is 3.70. The van der Waals surface area contributed by atoms with Gasteiger partial charge in [-0.05, 0) is 55.0 Å². The second-order valence-electron chi connectivity index (χ2n) is 5.03. The maximum atomic E-state index is 3.52. The molecule has 16 heavy (non-hydrogen) atoms. The minimum Gasteiger partial charge on any atom is -0.316 e. The van der Waals surface area contributed by atoms with Gasteiger partial charge in [-0.15, -0.1) is 0 Å². The number of rotatable bonds is 5. The number of benzene rings is 1. The molecular formula is C14H20BrN. The molecular weight excluding hydrogens is 262 g/mol. The van der Waals surface area contributed by atoms with Gasteiger partial charge in [-0.25, -0.2) is 0 Å². The highest BCUT2D eigenvalue weighted by Crippen LogP contribution is 2.53. The van der Waals surface area contributed by atoms with Crippen molar-refractivity contribution in [2.24, 2.45) is 5.92 Å². The van der Waals surface area contributed by atoms with Gasteiger partial charge in [-0.3, -0.25) is 0 Å². The van der Waals surface area contributed by atoms with Gasteiger partial charge in [-0.1, -0.05) is 41.9 Å². The highest BCUT2D eigenvalue weighted by atomic mass is 79.9. The van der Waals surface area contributed by atoms with Gasteiger partial charge >= 0.3 is 0 Å². The Morgan fingerprint density at radius 1 is 1.38 bits per heavy atom. The van der Waals surface area contributed by atoms with Crippen LogP contribution in [-0.2, 0) is 5.41 Å². The summed E-state index contributed by atoms with van der Waals surface area (Å²) in [5, 5.41) is 3.52. The second kappa shape index (κ2) is 4.89. The van der Waals surface area contributed by atoms with E-state index in [-0.39, 0.29) is 0 Å². The molecule has 1 N–H and O–H groups in total. The summed E-state index contributed by atoms with van der Waals surface area (Å²) in [4.78, 5) is 0. The number of nitrogens with one attached hydrogen (secondary N) is 1. The molecule has 0 heterocycles. The number of hydrogen-bond donors (Lipinski definition) is 1. The van der Waals surface area contributed by atoms with Gasteiger partial charge in [-0.2, -0.15) is 0 Å². The van der Waals surface area contributed by atoms with E-state index in [1.54, 1.807) is 0 Å². The summed E-state index contributed by atoms with van der Waals surface area (Å²) in [5.74, 6) is 0.820. The fourth-order valence-electron chi connectivity index (χ4n) is 2.39. The third-order valence-electron chi connectivity index (χ3n) is 3.73. The maximum absolute atomic E-state index is 3.52. The third-order valence-corrected chi connectivity index (χ3v) is 4.26. The van der Waals surface area contributed by atoms with Crippen molar-refractivity contribution >= 4 is 15.9 Å². The van der Waals surface area contributed by atoms with Gasteiger partial charge in [0.2, 0.25) is 0 Å². The zero-order valence-electron chi connectivity index (χ0n) is 10.1.